The van der Waals surface area contributed by atoms with E-state index in [1.165, 1.54) is 11.8 Å². The SMILES string of the molecule is COC(=O)c1ccc(CNC(=O)C(C)N2CCCC2c2nc3ccccc3s2)cc1. The van der Waals surface area contributed by atoms with Crippen LogP contribution in [-0.4, -0.2) is 41.5 Å². The number of carbonyl (C=O) groups excluding carboxylic acids is 2. The minimum Gasteiger partial charge on any atom is -0.465 e. The van der Waals surface area contributed by atoms with Crippen molar-refractivity contribution in [3.8, 4) is 0 Å². The predicted molar refractivity (Wildman–Crippen MR) is 117 cm³/mol. The second-order valence-corrected chi connectivity index (χ2v) is 8.56. The van der Waals surface area contributed by atoms with Crippen LogP contribution in [0.5, 0.6) is 0 Å². The van der Waals surface area contributed by atoms with E-state index in [0.717, 1.165) is 35.5 Å². The maximum Gasteiger partial charge on any atom is 0.337 e. The number of rotatable bonds is 6. The highest BCUT2D eigenvalue weighted by Gasteiger charge is 2.34. The first-order valence-corrected chi connectivity index (χ1v) is 10.9. The number of carbonyl (C=O) groups is 2. The number of amides is 1. The van der Waals surface area contributed by atoms with E-state index in [9.17, 15) is 9.59 Å². The number of ether oxygens (including phenoxy) is 1. The molecule has 2 unspecified atom stereocenters. The second-order valence-electron chi connectivity index (χ2n) is 7.50. The fourth-order valence-electron chi connectivity index (χ4n) is 3.91. The quantitative estimate of drug-likeness (QED) is 0.609. The number of fused-ring (bicyclic) bond motifs is 1. The van der Waals surface area contributed by atoms with Crippen molar-refractivity contribution in [2.75, 3.05) is 13.7 Å². The molecule has 0 bridgehead atoms. The normalized spacial score (nSPS) is 17.7. The fourth-order valence-corrected chi connectivity index (χ4v) is 5.04. The van der Waals surface area contributed by atoms with Crippen molar-refractivity contribution in [1.82, 2.24) is 15.2 Å². The molecular formula is C23H25N3O3S. The number of aromatic nitrogens is 1. The van der Waals surface area contributed by atoms with Crippen LogP contribution in [0.3, 0.4) is 0 Å². The molecule has 1 fully saturated rings. The lowest BCUT2D eigenvalue weighted by molar-refractivity contribution is -0.126. The van der Waals surface area contributed by atoms with Gasteiger partial charge in [0, 0.05) is 6.54 Å². The molecule has 0 spiro atoms. The molecule has 1 aromatic heterocycles. The Morgan fingerprint density at radius 3 is 2.73 bits per heavy atom. The zero-order chi connectivity index (χ0) is 21.1. The number of para-hydroxylation sites is 1. The van der Waals surface area contributed by atoms with Crippen LogP contribution in [0.2, 0.25) is 0 Å². The predicted octanol–water partition coefficient (Wildman–Crippen LogP) is 3.92. The van der Waals surface area contributed by atoms with E-state index in [0.29, 0.717) is 12.1 Å². The topological polar surface area (TPSA) is 71.5 Å². The summed E-state index contributed by atoms with van der Waals surface area (Å²) in [5, 5.41) is 4.11. The van der Waals surface area contributed by atoms with Crippen molar-refractivity contribution in [1.29, 1.82) is 0 Å². The van der Waals surface area contributed by atoms with E-state index in [1.807, 2.05) is 37.3 Å². The summed E-state index contributed by atoms with van der Waals surface area (Å²) in [6.07, 6.45) is 2.08. The third-order valence-corrected chi connectivity index (χ3v) is 6.75. The van der Waals surface area contributed by atoms with Crippen molar-refractivity contribution < 1.29 is 14.3 Å². The third-order valence-electron chi connectivity index (χ3n) is 5.61. The van der Waals surface area contributed by atoms with E-state index >= 15 is 0 Å². The number of methoxy groups -OCH3 is 1. The van der Waals surface area contributed by atoms with Gasteiger partial charge in [0.2, 0.25) is 5.91 Å². The van der Waals surface area contributed by atoms with Gasteiger partial charge < -0.3 is 10.1 Å². The van der Waals surface area contributed by atoms with Gasteiger partial charge in [-0.15, -0.1) is 11.3 Å². The van der Waals surface area contributed by atoms with Gasteiger partial charge >= 0.3 is 5.97 Å². The summed E-state index contributed by atoms with van der Waals surface area (Å²) < 4.78 is 5.90. The smallest absolute Gasteiger partial charge is 0.337 e. The summed E-state index contributed by atoms with van der Waals surface area (Å²) in [6, 6.07) is 15.2. The third kappa shape index (κ3) is 4.22. The average molecular weight is 424 g/mol. The number of hydrogen-bond donors (Lipinski definition) is 1. The first-order valence-electron chi connectivity index (χ1n) is 10.1. The molecule has 1 aliphatic heterocycles. The molecular weight excluding hydrogens is 398 g/mol. The van der Waals surface area contributed by atoms with E-state index in [2.05, 4.69) is 16.3 Å². The highest BCUT2D eigenvalue weighted by atomic mass is 32.1. The Morgan fingerprint density at radius 2 is 2.00 bits per heavy atom. The van der Waals surface area contributed by atoms with Gasteiger partial charge in [0.1, 0.15) is 5.01 Å². The standard InChI is InChI=1S/C23H25N3O3S/c1-15(21(27)24-14-16-9-11-17(12-10-16)23(28)29-2)26-13-5-7-19(26)22-25-18-6-3-4-8-20(18)30-22/h3-4,6,8-12,15,19H,5,7,13-14H2,1-2H3,(H,24,27). The van der Waals surface area contributed by atoms with E-state index in [-0.39, 0.29) is 24.0 Å². The highest BCUT2D eigenvalue weighted by molar-refractivity contribution is 7.18. The number of esters is 1. The summed E-state index contributed by atoms with van der Waals surface area (Å²) in [5.41, 5.74) is 2.46. The van der Waals surface area contributed by atoms with Crippen molar-refractivity contribution >= 4 is 33.4 Å². The minimum absolute atomic E-state index is 0.0000514. The fraction of sp³-hybridized carbons (Fsp3) is 0.348. The number of benzene rings is 2. The lowest BCUT2D eigenvalue weighted by Crippen LogP contribution is -2.44. The number of likely N-dealkylation sites (tertiary alicyclic amines) is 1. The molecule has 1 N–H and O–H groups in total. The molecule has 0 aliphatic carbocycles. The molecule has 3 aromatic rings. The summed E-state index contributed by atoms with van der Waals surface area (Å²) in [7, 11) is 1.36. The Labute approximate surface area is 179 Å². The van der Waals surface area contributed by atoms with Gasteiger partial charge in [0.15, 0.2) is 0 Å². The van der Waals surface area contributed by atoms with Crippen LogP contribution < -0.4 is 5.32 Å². The molecule has 2 heterocycles. The van der Waals surface area contributed by atoms with E-state index < -0.39 is 0 Å². The Balaban J connectivity index is 1.39. The van der Waals surface area contributed by atoms with E-state index in [4.69, 9.17) is 9.72 Å². The van der Waals surface area contributed by atoms with Crippen LogP contribution in [0.4, 0.5) is 0 Å². The van der Waals surface area contributed by atoms with E-state index in [1.54, 1.807) is 23.5 Å². The molecule has 2 aromatic carbocycles. The number of thiazole rings is 1. The van der Waals surface area contributed by atoms with Gasteiger partial charge in [-0.2, -0.15) is 0 Å². The molecule has 1 aliphatic rings. The lowest BCUT2D eigenvalue weighted by atomic mass is 10.1. The molecule has 1 amide bonds. The zero-order valence-electron chi connectivity index (χ0n) is 17.1. The maximum absolute atomic E-state index is 12.8. The minimum atomic E-state index is -0.367. The van der Waals surface area contributed by atoms with Gasteiger partial charge in [-0.3, -0.25) is 9.69 Å². The van der Waals surface area contributed by atoms with Gasteiger partial charge in [0.25, 0.3) is 0 Å². The highest BCUT2D eigenvalue weighted by Crippen LogP contribution is 2.37. The lowest BCUT2D eigenvalue weighted by Gasteiger charge is -2.28. The summed E-state index contributed by atoms with van der Waals surface area (Å²) >= 11 is 1.72. The molecule has 30 heavy (non-hydrogen) atoms. The Kier molecular flexibility index (Phi) is 6.11. The summed E-state index contributed by atoms with van der Waals surface area (Å²) in [5.74, 6) is -0.366. The van der Waals surface area contributed by atoms with Crippen molar-refractivity contribution in [2.45, 2.75) is 38.4 Å². The molecule has 156 valence electrons. The molecule has 4 rings (SSSR count). The number of hydrogen-bond acceptors (Lipinski definition) is 6. The monoisotopic (exact) mass is 423 g/mol. The molecule has 6 nitrogen and oxygen atoms in total. The summed E-state index contributed by atoms with van der Waals surface area (Å²) in [4.78, 5) is 31.4. The molecule has 7 heteroatoms. The largest absolute Gasteiger partial charge is 0.465 e. The van der Waals surface area contributed by atoms with Crippen LogP contribution in [0.25, 0.3) is 10.2 Å². The summed E-state index contributed by atoms with van der Waals surface area (Å²) in [6.45, 7) is 3.27. The molecule has 0 saturated carbocycles. The average Bonchev–Trinajstić information content (AvgIpc) is 3.43. The molecule has 1 saturated heterocycles. The van der Waals surface area contributed by atoms with Gasteiger partial charge in [-0.05, 0) is 56.1 Å². The number of nitrogens with one attached hydrogen (secondary N) is 1. The maximum atomic E-state index is 12.8. The Bertz CT molecular complexity index is 1010. The van der Waals surface area contributed by atoms with Gasteiger partial charge in [0.05, 0.1) is 35.0 Å². The van der Waals surface area contributed by atoms with Gasteiger partial charge in [-0.25, -0.2) is 9.78 Å². The Morgan fingerprint density at radius 1 is 1.23 bits per heavy atom. The first-order chi connectivity index (χ1) is 14.6. The second kappa shape index (κ2) is 8.93. The number of nitrogens with zero attached hydrogens (tertiary/aromatic N) is 2. The van der Waals surface area contributed by atoms with Crippen molar-refractivity contribution in [2.24, 2.45) is 0 Å². The zero-order valence-corrected chi connectivity index (χ0v) is 17.9. The molecule has 2 atom stereocenters. The molecule has 0 radical (unpaired) electrons. The van der Waals surface area contributed by atoms with Crippen LogP contribution >= 0.6 is 11.3 Å². The van der Waals surface area contributed by atoms with Crippen LogP contribution in [-0.2, 0) is 16.1 Å². The van der Waals surface area contributed by atoms with Crippen LogP contribution in [0.15, 0.2) is 48.5 Å². The van der Waals surface area contributed by atoms with Crippen LogP contribution in [0.1, 0.15) is 46.7 Å². The van der Waals surface area contributed by atoms with Crippen LogP contribution in [0, 0.1) is 0 Å². The van der Waals surface area contributed by atoms with Gasteiger partial charge in [-0.1, -0.05) is 24.3 Å². The Hall–Kier alpha value is -2.77. The first kappa shape index (κ1) is 20.5. The van der Waals surface area contributed by atoms with Crippen molar-refractivity contribution in [3.05, 3.63) is 64.7 Å². The van der Waals surface area contributed by atoms with Crippen molar-refractivity contribution in [3.63, 3.8) is 0 Å².